The third-order valence-corrected chi connectivity index (χ3v) is 2.54. The number of carbonyl (C=O) groups is 1. The van der Waals surface area contributed by atoms with E-state index in [0.717, 1.165) is 0 Å². The zero-order valence-electron chi connectivity index (χ0n) is 11.4. The molecule has 9 nitrogen and oxygen atoms in total. The third-order valence-electron chi connectivity index (χ3n) is 2.54. The number of nitrogen functional groups attached to an aromatic ring is 1. The number of carbonyl (C=O) groups excluding carboxylic acids is 1. The number of aromatic nitrogens is 2. The predicted molar refractivity (Wildman–Crippen MR) is 73.3 cm³/mol. The topological polar surface area (TPSA) is 125 Å². The maximum Gasteiger partial charge on any atom is 0.297 e. The number of rotatable bonds is 5. The number of hydrazone groups is 1. The van der Waals surface area contributed by atoms with Gasteiger partial charge in [0.15, 0.2) is 0 Å². The summed E-state index contributed by atoms with van der Waals surface area (Å²) >= 11 is 0. The minimum Gasteiger partial charge on any atom is -0.497 e. The van der Waals surface area contributed by atoms with Crippen molar-refractivity contribution in [1.29, 1.82) is 0 Å². The molecule has 0 aliphatic carbocycles. The lowest BCUT2D eigenvalue weighted by molar-refractivity contribution is 0.0946. The minimum absolute atomic E-state index is 0.110. The van der Waals surface area contributed by atoms with Crippen molar-refractivity contribution in [2.24, 2.45) is 5.10 Å². The van der Waals surface area contributed by atoms with E-state index in [1.54, 1.807) is 25.3 Å². The molecular formula is C12H13N5O4. The van der Waals surface area contributed by atoms with Crippen LogP contribution in [0.4, 0.5) is 5.82 Å². The molecule has 1 aromatic carbocycles. The number of nitrogens with one attached hydrogen (secondary N) is 1. The maximum absolute atomic E-state index is 11.7. The van der Waals surface area contributed by atoms with Crippen molar-refractivity contribution in [2.45, 2.75) is 0 Å². The van der Waals surface area contributed by atoms with Crippen LogP contribution in [0.15, 0.2) is 27.9 Å². The highest BCUT2D eigenvalue weighted by atomic mass is 16.6. The molecule has 0 aliphatic heterocycles. The van der Waals surface area contributed by atoms with Crippen molar-refractivity contribution in [3.05, 3.63) is 29.5 Å². The number of ether oxygens (including phenoxy) is 2. The number of anilines is 1. The average molecular weight is 291 g/mol. The van der Waals surface area contributed by atoms with E-state index in [-0.39, 0.29) is 11.5 Å². The Morgan fingerprint density at radius 1 is 1.38 bits per heavy atom. The van der Waals surface area contributed by atoms with Crippen molar-refractivity contribution in [2.75, 3.05) is 20.0 Å². The second-order valence-electron chi connectivity index (χ2n) is 3.81. The van der Waals surface area contributed by atoms with Crippen molar-refractivity contribution < 1.29 is 18.9 Å². The number of hydrogen-bond donors (Lipinski definition) is 2. The molecule has 0 saturated heterocycles. The van der Waals surface area contributed by atoms with Gasteiger partial charge in [-0.1, -0.05) is 0 Å². The molecule has 0 atom stereocenters. The summed E-state index contributed by atoms with van der Waals surface area (Å²) in [6.45, 7) is 0. The lowest BCUT2D eigenvalue weighted by Crippen LogP contribution is -2.19. The van der Waals surface area contributed by atoms with Gasteiger partial charge in [-0.3, -0.25) is 4.79 Å². The quantitative estimate of drug-likeness (QED) is 0.604. The lowest BCUT2D eigenvalue weighted by Gasteiger charge is -2.06. The zero-order valence-corrected chi connectivity index (χ0v) is 11.4. The van der Waals surface area contributed by atoms with Crippen molar-refractivity contribution in [1.82, 2.24) is 15.7 Å². The normalized spacial score (nSPS) is 10.6. The number of benzene rings is 1. The Morgan fingerprint density at radius 3 is 2.81 bits per heavy atom. The smallest absolute Gasteiger partial charge is 0.297 e. The molecule has 1 aromatic heterocycles. The number of amides is 1. The molecule has 0 unspecified atom stereocenters. The van der Waals surface area contributed by atoms with E-state index in [1.807, 2.05) is 0 Å². The van der Waals surface area contributed by atoms with Crippen LogP contribution in [0.25, 0.3) is 0 Å². The molecule has 1 heterocycles. The highest BCUT2D eigenvalue weighted by molar-refractivity contribution is 5.96. The van der Waals surface area contributed by atoms with Crippen LogP contribution in [0.5, 0.6) is 11.5 Å². The van der Waals surface area contributed by atoms with Gasteiger partial charge >= 0.3 is 0 Å². The van der Waals surface area contributed by atoms with E-state index < -0.39 is 5.91 Å². The molecule has 2 aromatic rings. The molecule has 21 heavy (non-hydrogen) atoms. The first-order valence-electron chi connectivity index (χ1n) is 5.79. The monoisotopic (exact) mass is 291 g/mol. The Bertz CT molecular complexity index is 667. The first-order valence-corrected chi connectivity index (χ1v) is 5.79. The Kier molecular flexibility index (Phi) is 4.34. The van der Waals surface area contributed by atoms with Crippen LogP contribution in [0, 0.1) is 0 Å². The summed E-state index contributed by atoms with van der Waals surface area (Å²) in [5, 5.41) is 10.5. The first-order chi connectivity index (χ1) is 10.2. The fourth-order valence-electron chi connectivity index (χ4n) is 1.51. The standard InChI is InChI=1S/C12H13N5O4/c1-19-8-3-4-9(20-2)7(5-8)6-14-15-12(18)10-11(13)17-21-16-10/h3-6H,1-2H3,(H2,13,17)(H,15,18). The lowest BCUT2D eigenvalue weighted by atomic mass is 10.2. The van der Waals surface area contributed by atoms with Crippen molar-refractivity contribution >= 4 is 17.9 Å². The van der Waals surface area contributed by atoms with Gasteiger partial charge in [0.25, 0.3) is 5.91 Å². The molecule has 9 heteroatoms. The number of nitrogens with two attached hydrogens (primary N) is 1. The van der Waals surface area contributed by atoms with Crippen LogP contribution in [-0.4, -0.2) is 36.7 Å². The SMILES string of the molecule is COc1ccc(OC)c(C=NNC(=O)c2nonc2N)c1. The molecule has 1 amide bonds. The van der Waals surface area contributed by atoms with Crippen LogP contribution < -0.4 is 20.6 Å². The molecule has 0 bridgehead atoms. The van der Waals surface area contributed by atoms with Crippen LogP contribution in [-0.2, 0) is 0 Å². The highest BCUT2D eigenvalue weighted by Crippen LogP contribution is 2.22. The average Bonchev–Trinajstić information content (AvgIpc) is 2.93. The van der Waals surface area contributed by atoms with Gasteiger partial charge in [0, 0.05) is 5.56 Å². The second-order valence-corrected chi connectivity index (χ2v) is 3.81. The van der Waals surface area contributed by atoms with Gasteiger partial charge in [-0.2, -0.15) is 5.10 Å². The first kappa shape index (κ1) is 14.3. The summed E-state index contributed by atoms with van der Waals surface area (Å²) in [6, 6.07) is 5.18. The minimum atomic E-state index is -0.633. The number of hydrogen-bond acceptors (Lipinski definition) is 8. The van der Waals surface area contributed by atoms with E-state index in [0.29, 0.717) is 17.1 Å². The molecule has 0 fully saturated rings. The number of nitrogens with zero attached hydrogens (tertiary/aromatic N) is 3. The second kappa shape index (κ2) is 6.37. The summed E-state index contributed by atoms with van der Waals surface area (Å²) < 4.78 is 14.6. The van der Waals surface area contributed by atoms with Gasteiger partial charge in [0.2, 0.25) is 11.5 Å². The highest BCUT2D eigenvalue weighted by Gasteiger charge is 2.14. The van der Waals surface area contributed by atoms with Gasteiger partial charge < -0.3 is 15.2 Å². The summed E-state index contributed by atoms with van der Waals surface area (Å²) in [5.41, 5.74) is 8.14. The van der Waals surface area contributed by atoms with Crippen LogP contribution in [0.2, 0.25) is 0 Å². The zero-order chi connectivity index (χ0) is 15.2. The predicted octanol–water partition coefficient (Wildman–Crippen LogP) is 0.433. The van der Waals surface area contributed by atoms with Crippen LogP contribution in [0.3, 0.4) is 0 Å². The Labute approximate surface area is 119 Å². The van der Waals surface area contributed by atoms with Crippen molar-refractivity contribution in [3.8, 4) is 11.5 Å². The molecule has 0 spiro atoms. The van der Waals surface area contributed by atoms with Crippen LogP contribution >= 0.6 is 0 Å². The fourth-order valence-corrected chi connectivity index (χ4v) is 1.51. The molecule has 110 valence electrons. The van der Waals surface area contributed by atoms with Crippen molar-refractivity contribution in [3.63, 3.8) is 0 Å². The fraction of sp³-hybridized carbons (Fsp3) is 0.167. The van der Waals surface area contributed by atoms with Gasteiger partial charge in [0.1, 0.15) is 11.5 Å². The summed E-state index contributed by atoms with van der Waals surface area (Å²) in [7, 11) is 3.07. The van der Waals surface area contributed by atoms with Gasteiger partial charge in [-0.05, 0) is 28.5 Å². The molecular weight excluding hydrogens is 278 g/mol. The third kappa shape index (κ3) is 3.26. The van der Waals surface area contributed by atoms with Crippen LogP contribution in [0.1, 0.15) is 16.1 Å². The largest absolute Gasteiger partial charge is 0.497 e. The molecule has 0 saturated carbocycles. The van der Waals surface area contributed by atoms with E-state index in [4.69, 9.17) is 15.2 Å². The van der Waals surface area contributed by atoms with Gasteiger partial charge in [-0.25, -0.2) is 10.1 Å². The molecule has 2 rings (SSSR count). The van der Waals surface area contributed by atoms with E-state index in [2.05, 4.69) is 25.5 Å². The summed E-state index contributed by atoms with van der Waals surface area (Å²) in [4.78, 5) is 11.7. The molecule has 3 N–H and O–H groups in total. The number of methoxy groups -OCH3 is 2. The van der Waals surface area contributed by atoms with E-state index in [9.17, 15) is 4.79 Å². The molecule has 0 radical (unpaired) electrons. The maximum atomic E-state index is 11.7. The van der Waals surface area contributed by atoms with E-state index in [1.165, 1.54) is 13.3 Å². The van der Waals surface area contributed by atoms with Gasteiger partial charge in [0.05, 0.1) is 20.4 Å². The summed E-state index contributed by atoms with van der Waals surface area (Å²) in [6.07, 6.45) is 1.41. The van der Waals surface area contributed by atoms with Gasteiger partial charge in [-0.15, -0.1) is 0 Å². The summed E-state index contributed by atoms with van der Waals surface area (Å²) in [5.74, 6) is 0.471. The molecule has 0 aliphatic rings. The van der Waals surface area contributed by atoms with E-state index >= 15 is 0 Å². The Balaban J connectivity index is 2.11. The Hall–Kier alpha value is -3.10. The Morgan fingerprint density at radius 2 is 2.19 bits per heavy atom.